The monoisotopic (exact) mass is 253 g/mol. The zero-order valence-corrected chi connectivity index (χ0v) is 11.0. The van der Waals surface area contributed by atoms with Crippen molar-refractivity contribution < 1.29 is 4.74 Å². The minimum Gasteiger partial charge on any atom is -0.494 e. The third-order valence-electron chi connectivity index (χ3n) is 3.07. The highest BCUT2D eigenvalue weighted by Crippen LogP contribution is 2.16. The molecule has 2 rings (SSSR count). The number of hydrogen-bond acceptors (Lipinski definition) is 2. The molecule has 0 bridgehead atoms. The van der Waals surface area contributed by atoms with E-state index in [9.17, 15) is 0 Å². The highest BCUT2D eigenvalue weighted by molar-refractivity contribution is 6.17. The molecule has 1 aromatic rings. The van der Waals surface area contributed by atoms with Gasteiger partial charge in [-0.25, -0.2) is 0 Å². The van der Waals surface area contributed by atoms with Gasteiger partial charge in [0, 0.05) is 12.4 Å². The van der Waals surface area contributed by atoms with Crippen LogP contribution in [0.4, 0.5) is 0 Å². The average Bonchev–Trinajstić information content (AvgIpc) is 2.85. The lowest BCUT2D eigenvalue weighted by Gasteiger charge is -2.14. The van der Waals surface area contributed by atoms with Crippen LogP contribution >= 0.6 is 11.6 Å². The van der Waals surface area contributed by atoms with Gasteiger partial charge in [-0.2, -0.15) is 0 Å². The summed E-state index contributed by atoms with van der Waals surface area (Å²) >= 11 is 5.60. The Hall–Kier alpha value is -0.730. The van der Waals surface area contributed by atoms with Crippen molar-refractivity contribution in [2.24, 2.45) is 0 Å². The van der Waals surface area contributed by atoms with Crippen LogP contribution in [0.2, 0.25) is 0 Å². The topological polar surface area (TPSA) is 12.5 Å². The second-order valence-electron chi connectivity index (χ2n) is 4.52. The molecule has 1 aliphatic heterocycles. The molecule has 1 aliphatic rings. The quantitative estimate of drug-likeness (QED) is 0.570. The predicted molar refractivity (Wildman–Crippen MR) is 71.8 cm³/mol. The van der Waals surface area contributed by atoms with Crippen molar-refractivity contribution >= 4 is 11.6 Å². The van der Waals surface area contributed by atoms with Crippen LogP contribution in [0, 0.1) is 0 Å². The fraction of sp³-hybridized carbons (Fsp3) is 0.571. The molecule has 2 nitrogen and oxygen atoms in total. The number of rotatable bonds is 6. The maximum atomic E-state index is 5.60. The summed E-state index contributed by atoms with van der Waals surface area (Å²) in [5, 5.41) is 0. The van der Waals surface area contributed by atoms with Gasteiger partial charge in [0.05, 0.1) is 6.61 Å². The second kappa shape index (κ2) is 6.87. The largest absolute Gasteiger partial charge is 0.494 e. The van der Waals surface area contributed by atoms with E-state index in [-0.39, 0.29) is 0 Å². The fourth-order valence-electron chi connectivity index (χ4n) is 2.13. The lowest BCUT2D eigenvalue weighted by molar-refractivity contribution is 0.316. The van der Waals surface area contributed by atoms with Crippen molar-refractivity contribution in [3.63, 3.8) is 0 Å². The van der Waals surface area contributed by atoms with E-state index in [0.717, 1.165) is 18.7 Å². The third-order valence-corrected chi connectivity index (χ3v) is 3.34. The molecule has 0 spiro atoms. The molecular weight excluding hydrogens is 234 g/mol. The van der Waals surface area contributed by atoms with Gasteiger partial charge in [0.25, 0.3) is 0 Å². The van der Waals surface area contributed by atoms with E-state index in [1.54, 1.807) is 0 Å². The van der Waals surface area contributed by atoms with Gasteiger partial charge in [-0.3, -0.25) is 4.90 Å². The van der Waals surface area contributed by atoms with E-state index in [1.165, 1.54) is 31.5 Å². The molecule has 1 heterocycles. The zero-order valence-electron chi connectivity index (χ0n) is 10.2. The van der Waals surface area contributed by atoms with Crippen LogP contribution in [0.1, 0.15) is 24.8 Å². The Morgan fingerprint density at radius 1 is 1.12 bits per heavy atom. The molecule has 1 fully saturated rings. The SMILES string of the molecule is ClCCCOc1ccc(CN2CCCC2)cc1. The fourth-order valence-corrected chi connectivity index (χ4v) is 2.24. The second-order valence-corrected chi connectivity index (χ2v) is 4.90. The van der Waals surface area contributed by atoms with Crippen molar-refractivity contribution in [2.75, 3.05) is 25.6 Å². The van der Waals surface area contributed by atoms with Gasteiger partial charge in [-0.05, 0) is 50.0 Å². The number of likely N-dealkylation sites (tertiary alicyclic amines) is 1. The van der Waals surface area contributed by atoms with E-state index in [1.807, 2.05) is 0 Å². The van der Waals surface area contributed by atoms with Crippen molar-refractivity contribution in [3.8, 4) is 5.75 Å². The standard InChI is InChI=1S/C14H20ClNO/c15-8-3-11-17-14-6-4-13(5-7-14)12-16-9-1-2-10-16/h4-7H,1-3,8-12H2. The molecule has 17 heavy (non-hydrogen) atoms. The Bertz CT molecular complexity index is 319. The summed E-state index contributed by atoms with van der Waals surface area (Å²) in [6, 6.07) is 8.43. The molecule has 0 saturated carbocycles. The summed E-state index contributed by atoms with van der Waals surface area (Å²) in [4.78, 5) is 2.50. The first-order chi connectivity index (χ1) is 8.38. The lowest BCUT2D eigenvalue weighted by atomic mass is 10.2. The zero-order chi connectivity index (χ0) is 11.9. The van der Waals surface area contributed by atoms with E-state index in [2.05, 4.69) is 29.2 Å². The summed E-state index contributed by atoms with van der Waals surface area (Å²) in [6.45, 7) is 4.26. The average molecular weight is 254 g/mol. The van der Waals surface area contributed by atoms with Crippen LogP contribution in [-0.2, 0) is 6.54 Å². The first-order valence-corrected chi connectivity index (χ1v) is 6.92. The molecule has 0 unspecified atom stereocenters. The van der Waals surface area contributed by atoms with Gasteiger partial charge in [0.15, 0.2) is 0 Å². The molecule has 0 aromatic heterocycles. The molecule has 0 radical (unpaired) electrons. The molecule has 0 amide bonds. The van der Waals surface area contributed by atoms with E-state index in [0.29, 0.717) is 12.5 Å². The summed E-state index contributed by atoms with van der Waals surface area (Å²) in [6.07, 6.45) is 3.59. The van der Waals surface area contributed by atoms with Gasteiger partial charge in [-0.15, -0.1) is 11.6 Å². The number of nitrogens with zero attached hydrogens (tertiary/aromatic N) is 1. The maximum absolute atomic E-state index is 5.60. The Labute approximate surface area is 109 Å². The summed E-state index contributed by atoms with van der Waals surface area (Å²) < 4.78 is 5.57. The van der Waals surface area contributed by atoms with Crippen molar-refractivity contribution in [1.29, 1.82) is 0 Å². The molecular formula is C14H20ClNO. The summed E-state index contributed by atoms with van der Waals surface area (Å²) in [5.74, 6) is 1.60. The first kappa shape index (κ1) is 12.7. The van der Waals surface area contributed by atoms with Crippen molar-refractivity contribution in [2.45, 2.75) is 25.8 Å². The Morgan fingerprint density at radius 2 is 1.82 bits per heavy atom. The number of hydrogen-bond donors (Lipinski definition) is 0. The van der Waals surface area contributed by atoms with Crippen LogP contribution in [0.25, 0.3) is 0 Å². The highest BCUT2D eigenvalue weighted by Gasteiger charge is 2.11. The third kappa shape index (κ3) is 4.21. The van der Waals surface area contributed by atoms with Crippen LogP contribution in [-0.4, -0.2) is 30.5 Å². The van der Waals surface area contributed by atoms with Crippen molar-refractivity contribution in [1.82, 2.24) is 4.90 Å². The number of ether oxygens (including phenoxy) is 1. The molecule has 1 saturated heterocycles. The van der Waals surface area contributed by atoms with E-state index >= 15 is 0 Å². The molecule has 0 atom stereocenters. The Kier molecular flexibility index (Phi) is 5.14. The van der Waals surface area contributed by atoms with Gasteiger partial charge in [0.1, 0.15) is 5.75 Å². The van der Waals surface area contributed by atoms with Crippen LogP contribution in [0.3, 0.4) is 0 Å². The van der Waals surface area contributed by atoms with Gasteiger partial charge >= 0.3 is 0 Å². The number of benzene rings is 1. The van der Waals surface area contributed by atoms with Gasteiger partial charge < -0.3 is 4.74 Å². The minimum absolute atomic E-state index is 0.660. The normalized spacial score (nSPS) is 16.3. The smallest absolute Gasteiger partial charge is 0.119 e. The van der Waals surface area contributed by atoms with E-state index in [4.69, 9.17) is 16.3 Å². The number of halogens is 1. The van der Waals surface area contributed by atoms with Crippen LogP contribution < -0.4 is 4.74 Å². The predicted octanol–water partition coefficient (Wildman–Crippen LogP) is 3.29. The lowest BCUT2D eigenvalue weighted by Crippen LogP contribution is -2.18. The molecule has 94 valence electrons. The van der Waals surface area contributed by atoms with Gasteiger partial charge in [0.2, 0.25) is 0 Å². The molecule has 0 aliphatic carbocycles. The van der Waals surface area contributed by atoms with Crippen LogP contribution in [0.5, 0.6) is 5.75 Å². The molecule has 3 heteroatoms. The van der Waals surface area contributed by atoms with Crippen molar-refractivity contribution in [3.05, 3.63) is 29.8 Å². The maximum Gasteiger partial charge on any atom is 0.119 e. The molecule has 0 N–H and O–H groups in total. The Balaban J connectivity index is 1.80. The van der Waals surface area contributed by atoms with E-state index < -0.39 is 0 Å². The van der Waals surface area contributed by atoms with Crippen LogP contribution in [0.15, 0.2) is 24.3 Å². The number of alkyl halides is 1. The van der Waals surface area contributed by atoms with Gasteiger partial charge in [-0.1, -0.05) is 12.1 Å². The summed E-state index contributed by atoms with van der Waals surface area (Å²) in [5.41, 5.74) is 1.37. The first-order valence-electron chi connectivity index (χ1n) is 6.38. The molecule has 1 aromatic carbocycles. The highest BCUT2D eigenvalue weighted by atomic mass is 35.5. The summed E-state index contributed by atoms with van der Waals surface area (Å²) in [7, 11) is 0. The Morgan fingerprint density at radius 3 is 2.47 bits per heavy atom. The minimum atomic E-state index is 0.660.